The maximum absolute atomic E-state index is 13.8. The Bertz CT molecular complexity index is 1810. The van der Waals surface area contributed by atoms with Gasteiger partial charge >= 0.3 is 0 Å². The van der Waals surface area contributed by atoms with E-state index in [1.54, 1.807) is 19.4 Å². The summed E-state index contributed by atoms with van der Waals surface area (Å²) >= 11 is 9.57. The molecule has 0 spiro atoms. The smallest absolute Gasteiger partial charge is 0.282 e. The number of aryl methyl sites for hydroxylation is 1. The van der Waals surface area contributed by atoms with Crippen molar-refractivity contribution in [1.29, 1.82) is 0 Å². The zero-order valence-electron chi connectivity index (χ0n) is 23.2. The lowest BCUT2D eigenvalue weighted by Gasteiger charge is -2.17. The van der Waals surface area contributed by atoms with E-state index in [9.17, 15) is 4.79 Å². The second kappa shape index (κ2) is 12.3. The summed E-state index contributed by atoms with van der Waals surface area (Å²) in [5.74, 6) is 2.08. The van der Waals surface area contributed by atoms with Gasteiger partial charge < -0.3 is 9.47 Å². The van der Waals surface area contributed by atoms with Gasteiger partial charge in [-0.15, -0.1) is 0 Å². The molecule has 8 heteroatoms. The number of hydrogen-bond acceptors (Lipinski definition) is 5. The Morgan fingerprint density at radius 3 is 2.51 bits per heavy atom. The molecule has 0 N–H and O–H groups in total. The highest BCUT2D eigenvalue weighted by Gasteiger charge is 2.18. The summed E-state index contributed by atoms with van der Waals surface area (Å²) in [5.41, 5.74) is 4.78. The van der Waals surface area contributed by atoms with Crippen LogP contribution in [0.15, 0.2) is 93.2 Å². The van der Waals surface area contributed by atoms with Crippen LogP contribution in [0.4, 0.5) is 0 Å². The maximum atomic E-state index is 13.8. The molecule has 0 amide bonds. The molecular formula is C33H29BrClN3O3. The van der Waals surface area contributed by atoms with Crippen LogP contribution in [0.1, 0.15) is 42.0 Å². The van der Waals surface area contributed by atoms with Gasteiger partial charge in [-0.3, -0.25) is 4.79 Å². The second-order valence-electron chi connectivity index (χ2n) is 9.98. The minimum absolute atomic E-state index is 0.204. The van der Waals surface area contributed by atoms with Crippen molar-refractivity contribution < 1.29 is 9.47 Å². The molecule has 0 saturated carbocycles. The van der Waals surface area contributed by atoms with Gasteiger partial charge in [0, 0.05) is 20.6 Å². The third kappa shape index (κ3) is 6.21. The lowest BCUT2D eigenvalue weighted by molar-refractivity contribution is 0.305. The molecule has 0 unspecified atom stereocenters. The molecular weight excluding hydrogens is 602 g/mol. The minimum Gasteiger partial charge on any atom is -0.496 e. The van der Waals surface area contributed by atoms with Crippen LogP contribution in [0.3, 0.4) is 0 Å². The third-order valence-electron chi connectivity index (χ3n) is 6.79. The predicted molar refractivity (Wildman–Crippen MR) is 170 cm³/mol. The van der Waals surface area contributed by atoms with Gasteiger partial charge in [-0.25, -0.2) is 4.98 Å². The lowest BCUT2D eigenvalue weighted by Crippen LogP contribution is -2.21. The number of methoxy groups -OCH3 is 1. The summed E-state index contributed by atoms with van der Waals surface area (Å²) in [6.45, 7) is 6.55. The Morgan fingerprint density at radius 2 is 1.78 bits per heavy atom. The number of rotatable bonds is 8. The van der Waals surface area contributed by atoms with Crippen molar-refractivity contribution in [1.82, 2.24) is 9.66 Å². The minimum atomic E-state index is -0.262. The van der Waals surface area contributed by atoms with E-state index in [0.29, 0.717) is 39.7 Å². The van der Waals surface area contributed by atoms with Crippen LogP contribution in [0.5, 0.6) is 11.5 Å². The van der Waals surface area contributed by atoms with Gasteiger partial charge in [0.1, 0.15) is 18.1 Å². The lowest BCUT2D eigenvalue weighted by atomic mass is 9.96. The van der Waals surface area contributed by atoms with E-state index in [2.05, 4.69) is 29.8 Å². The van der Waals surface area contributed by atoms with Crippen molar-refractivity contribution in [3.63, 3.8) is 0 Å². The Hall–Kier alpha value is -3.94. The molecule has 0 aliphatic heterocycles. The summed E-state index contributed by atoms with van der Waals surface area (Å²) in [4.78, 5) is 18.7. The van der Waals surface area contributed by atoms with Crippen LogP contribution in [-0.4, -0.2) is 23.0 Å². The van der Waals surface area contributed by atoms with Crippen LogP contribution in [0.2, 0.25) is 5.02 Å². The largest absolute Gasteiger partial charge is 0.496 e. The second-order valence-corrected chi connectivity index (χ2v) is 11.3. The van der Waals surface area contributed by atoms with Crippen molar-refractivity contribution in [2.24, 2.45) is 5.10 Å². The number of benzene rings is 4. The molecule has 0 aliphatic carbocycles. The SMILES string of the molecule is COc1cc(C)c(-c2nc3ccccc3c(=O)n2N=Cc2cc(Br)ccc2OCc2ccc(Cl)cc2)cc1C(C)C. The Balaban J connectivity index is 1.63. The summed E-state index contributed by atoms with van der Waals surface area (Å²) < 4.78 is 14.0. The van der Waals surface area contributed by atoms with Crippen LogP contribution < -0.4 is 15.0 Å². The van der Waals surface area contributed by atoms with Crippen LogP contribution in [0.25, 0.3) is 22.3 Å². The van der Waals surface area contributed by atoms with Crippen LogP contribution in [0, 0.1) is 6.92 Å². The van der Waals surface area contributed by atoms with E-state index >= 15 is 0 Å². The molecule has 41 heavy (non-hydrogen) atoms. The average molecular weight is 631 g/mol. The van der Waals surface area contributed by atoms with Crippen LogP contribution in [-0.2, 0) is 6.61 Å². The molecule has 0 saturated heterocycles. The maximum Gasteiger partial charge on any atom is 0.282 e. The van der Waals surface area contributed by atoms with Crippen LogP contribution >= 0.6 is 27.5 Å². The number of halogens is 2. The zero-order valence-corrected chi connectivity index (χ0v) is 25.5. The molecule has 1 aromatic heterocycles. The first kappa shape index (κ1) is 28.6. The average Bonchev–Trinajstić information content (AvgIpc) is 2.96. The summed E-state index contributed by atoms with van der Waals surface area (Å²) in [7, 11) is 1.67. The predicted octanol–water partition coefficient (Wildman–Crippen LogP) is 8.38. The van der Waals surface area contributed by atoms with E-state index in [4.69, 9.17) is 31.2 Å². The highest BCUT2D eigenvalue weighted by molar-refractivity contribution is 9.10. The molecule has 6 nitrogen and oxygen atoms in total. The van der Waals surface area contributed by atoms with Gasteiger partial charge in [0.2, 0.25) is 0 Å². The van der Waals surface area contributed by atoms with Gasteiger partial charge in [0.05, 0.1) is 24.2 Å². The molecule has 5 aromatic rings. The first-order valence-corrected chi connectivity index (χ1v) is 14.3. The Kier molecular flexibility index (Phi) is 8.57. The standard InChI is InChI=1S/C33H29BrClN3O3/c1-20(2)27-17-28(21(3)15-31(27)40-4)32-37-29-8-6-5-7-26(29)33(39)38(32)36-18-23-16-24(34)11-14-30(23)41-19-22-9-12-25(35)13-10-22/h5-18,20H,19H2,1-4H3. The molecule has 0 aliphatic rings. The van der Waals surface area contributed by atoms with Crippen molar-refractivity contribution in [2.75, 3.05) is 7.11 Å². The molecule has 0 fully saturated rings. The van der Waals surface area contributed by atoms with Crippen molar-refractivity contribution in [2.45, 2.75) is 33.3 Å². The number of fused-ring (bicyclic) bond motifs is 1. The zero-order chi connectivity index (χ0) is 29.1. The van der Waals surface area contributed by atoms with Gasteiger partial charge in [0.15, 0.2) is 5.82 Å². The number of hydrogen-bond donors (Lipinski definition) is 0. The van der Waals surface area contributed by atoms with Gasteiger partial charge in [-0.1, -0.05) is 65.6 Å². The highest BCUT2D eigenvalue weighted by atomic mass is 79.9. The first-order valence-electron chi connectivity index (χ1n) is 13.2. The molecule has 1 heterocycles. The molecule has 0 bridgehead atoms. The normalized spacial score (nSPS) is 11.5. The molecule has 0 radical (unpaired) electrons. The topological polar surface area (TPSA) is 65.7 Å². The van der Waals surface area contributed by atoms with E-state index < -0.39 is 0 Å². The van der Waals surface area contributed by atoms with Crippen molar-refractivity contribution in [3.8, 4) is 22.9 Å². The molecule has 4 aromatic carbocycles. The first-order chi connectivity index (χ1) is 19.7. The summed E-state index contributed by atoms with van der Waals surface area (Å²) in [6.07, 6.45) is 1.63. The fourth-order valence-corrected chi connectivity index (χ4v) is 5.09. The molecule has 5 rings (SSSR count). The summed E-state index contributed by atoms with van der Waals surface area (Å²) in [6, 6.07) is 24.5. The van der Waals surface area contributed by atoms with E-state index in [1.165, 1.54) is 4.68 Å². The van der Waals surface area contributed by atoms with Crippen molar-refractivity contribution in [3.05, 3.63) is 121 Å². The van der Waals surface area contributed by atoms with Gasteiger partial charge in [-0.2, -0.15) is 9.78 Å². The molecule has 208 valence electrons. The fourth-order valence-electron chi connectivity index (χ4n) is 4.59. The monoisotopic (exact) mass is 629 g/mol. The van der Waals surface area contributed by atoms with E-state index in [1.807, 2.05) is 79.7 Å². The van der Waals surface area contributed by atoms with Crippen molar-refractivity contribution >= 4 is 44.6 Å². The van der Waals surface area contributed by atoms with E-state index in [-0.39, 0.29) is 11.5 Å². The highest BCUT2D eigenvalue weighted by Crippen LogP contribution is 2.34. The summed E-state index contributed by atoms with van der Waals surface area (Å²) in [5, 5.41) is 5.85. The Labute approximate surface area is 252 Å². The fraction of sp³-hybridized carbons (Fsp3) is 0.182. The number of nitrogens with zero attached hydrogens (tertiary/aromatic N) is 3. The molecule has 0 atom stereocenters. The number of para-hydroxylation sites is 1. The van der Waals surface area contributed by atoms with Gasteiger partial charge in [-0.05, 0) is 84.1 Å². The van der Waals surface area contributed by atoms with E-state index in [0.717, 1.165) is 32.5 Å². The van der Waals surface area contributed by atoms with Gasteiger partial charge in [0.25, 0.3) is 5.56 Å². The Morgan fingerprint density at radius 1 is 1.02 bits per heavy atom. The quantitative estimate of drug-likeness (QED) is 0.162. The number of ether oxygens (including phenoxy) is 2. The number of aromatic nitrogens is 2. The third-order valence-corrected chi connectivity index (χ3v) is 7.53.